The Morgan fingerprint density at radius 2 is 2.00 bits per heavy atom. The van der Waals surface area contributed by atoms with Gasteiger partial charge in [0.15, 0.2) is 0 Å². The predicted molar refractivity (Wildman–Crippen MR) is 91.3 cm³/mol. The van der Waals surface area contributed by atoms with Gasteiger partial charge in [-0.1, -0.05) is 17.7 Å². The molecule has 1 aromatic carbocycles. The Kier molecular flexibility index (Phi) is 5.42. The SMILES string of the molecule is O=C1CCC2(CCN(Cc3ccc(F)c(Cl)c3)CC2)CN1CCO. The van der Waals surface area contributed by atoms with E-state index < -0.39 is 0 Å². The van der Waals surface area contributed by atoms with Gasteiger partial charge >= 0.3 is 0 Å². The normalized spacial score (nSPS) is 21.5. The van der Waals surface area contributed by atoms with E-state index >= 15 is 0 Å². The molecule has 4 nitrogen and oxygen atoms in total. The molecule has 1 spiro atoms. The number of rotatable bonds is 4. The number of carbonyl (C=O) groups excluding carboxylic acids is 1. The van der Waals surface area contributed by atoms with Crippen LogP contribution in [0.3, 0.4) is 0 Å². The number of hydrogen-bond acceptors (Lipinski definition) is 3. The topological polar surface area (TPSA) is 43.8 Å². The van der Waals surface area contributed by atoms with Crippen LogP contribution < -0.4 is 0 Å². The van der Waals surface area contributed by atoms with Crippen molar-refractivity contribution in [2.24, 2.45) is 5.41 Å². The van der Waals surface area contributed by atoms with Crippen LogP contribution in [-0.2, 0) is 11.3 Å². The molecule has 2 aliphatic rings. The highest BCUT2D eigenvalue weighted by Crippen LogP contribution is 2.40. The van der Waals surface area contributed by atoms with Gasteiger partial charge in [-0.2, -0.15) is 0 Å². The average Bonchev–Trinajstić information content (AvgIpc) is 2.57. The highest BCUT2D eigenvalue weighted by Gasteiger charge is 2.40. The molecule has 24 heavy (non-hydrogen) atoms. The molecule has 2 aliphatic heterocycles. The molecule has 3 rings (SSSR count). The Labute approximate surface area is 147 Å². The molecule has 0 bridgehead atoms. The van der Waals surface area contributed by atoms with Crippen molar-refractivity contribution in [2.75, 3.05) is 32.8 Å². The number of piperidine rings is 2. The molecule has 1 amide bonds. The fourth-order valence-electron chi connectivity index (χ4n) is 3.92. The summed E-state index contributed by atoms with van der Waals surface area (Å²) in [5.74, 6) is -0.216. The van der Waals surface area contributed by atoms with Crippen molar-refractivity contribution in [1.29, 1.82) is 0 Å². The van der Waals surface area contributed by atoms with Crippen LogP contribution >= 0.6 is 11.6 Å². The minimum absolute atomic E-state index is 0.0271. The Balaban J connectivity index is 1.57. The molecule has 0 radical (unpaired) electrons. The van der Waals surface area contributed by atoms with Crippen LogP contribution in [0.1, 0.15) is 31.2 Å². The number of benzene rings is 1. The molecule has 2 fully saturated rings. The molecule has 1 N–H and O–H groups in total. The Bertz CT molecular complexity index is 603. The van der Waals surface area contributed by atoms with Crippen molar-refractivity contribution in [3.05, 3.63) is 34.6 Å². The molecule has 132 valence electrons. The molecule has 2 heterocycles. The lowest BCUT2D eigenvalue weighted by Crippen LogP contribution is -2.51. The number of carbonyl (C=O) groups is 1. The minimum Gasteiger partial charge on any atom is -0.395 e. The van der Waals surface area contributed by atoms with Gasteiger partial charge in [0.2, 0.25) is 5.91 Å². The standard InChI is InChI=1S/C18H24ClFN2O2/c19-15-11-14(1-2-16(15)20)12-21-7-5-18(6-8-21)4-3-17(24)22(13-18)9-10-23/h1-2,11,23H,3-10,12-13H2. The Morgan fingerprint density at radius 1 is 1.25 bits per heavy atom. The van der Waals surface area contributed by atoms with Gasteiger partial charge < -0.3 is 10.0 Å². The second-order valence-corrected chi connectivity index (χ2v) is 7.47. The molecule has 0 atom stereocenters. The quantitative estimate of drug-likeness (QED) is 0.904. The van der Waals surface area contributed by atoms with E-state index in [4.69, 9.17) is 16.7 Å². The number of nitrogens with zero attached hydrogens (tertiary/aromatic N) is 2. The molecular formula is C18H24ClFN2O2. The van der Waals surface area contributed by atoms with Crippen molar-refractivity contribution >= 4 is 17.5 Å². The largest absolute Gasteiger partial charge is 0.395 e. The summed E-state index contributed by atoms with van der Waals surface area (Å²) in [6.07, 6.45) is 3.64. The highest BCUT2D eigenvalue weighted by atomic mass is 35.5. The molecule has 0 saturated carbocycles. The van der Waals surface area contributed by atoms with Crippen molar-refractivity contribution in [2.45, 2.75) is 32.2 Å². The predicted octanol–water partition coefficient (Wildman–Crippen LogP) is 2.68. The first kappa shape index (κ1) is 17.6. The fourth-order valence-corrected chi connectivity index (χ4v) is 4.12. The summed E-state index contributed by atoms with van der Waals surface area (Å²) in [5.41, 5.74) is 1.22. The summed E-state index contributed by atoms with van der Waals surface area (Å²) in [5, 5.41) is 9.30. The van der Waals surface area contributed by atoms with Gasteiger partial charge in [0.1, 0.15) is 5.82 Å². The molecule has 1 aromatic rings. The van der Waals surface area contributed by atoms with E-state index in [-0.39, 0.29) is 28.8 Å². The smallest absolute Gasteiger partial charge is 0.222 e. The first-order chi connectivity index (χ1) is 11.5. The van der Waals surface area contributed by atoms with E-state index in [2.05, 4.69) is 4.90 Å². The molecular weight excluding hydrogens is 331 g/mol. The zero-order chi connectivity index (χ0) is 17.2. The first-order valence-corrected chi connectivity index (χ1v) is 8.94. The second kappa shape index (κ2) is 7.38. The maximum atomic E-state index is 13.3. The van der Waals surface area contributed by atoms with Crippen molar-refractivity contribution in [1.82, 2.24) is 9.80 Å². The third-order valence-corrected chi connectivity index (χ3v) is 5.71. The van der Waals surface area contributed by atoms with Crippen LogP contribution in [0.25, 0.3) is 0 Å². The van der Waals surface area contributed by atoms with E-state index in [1.807, 2.05) is 4.90 Å². The van der Waals surface area contributed by atoms with Crippen LogP contribution in [0, 0.1) is 11.2 Å². The molecule has 0 aliphatic carbocycles. The maximum absolute atomic E-state index is 13.3. The lowest BCUT2D eigenvalue weighted by atomic mass is 9.72. The summed E-state index contributed by atoms with van der Waals surface area (Å²) in [7, 11) is 0. The second-order valence-electron chi connectivity index (χ2n) is 7.06. The Morgan fingerprint density at radius 3 is 2.67 bits per heavy atom. The van der Waals surface area contributed by atoms with Crippen LogP contribution in [0.2, 0.25) is 5.02 Å². The Hall–Kier alpha value is -1.17. The van der Waals surface area contributed by atoms with Gasteiger partial charge in [0.05, 0.1) is 11.6 Å². The van der Waals surface area contributed by atoms with Gasteiger partial charge in [-0.25, -0.2) is 4.39 Å². The number of aliphatic hydroxyl groups is 1. The highest BCUT2D eigenvalue weighted by molar-refractivity contribution is 6.30. The van der Waals surface area contributed by atoms with Gasteiger partial charge in [0.25, 0.3) is 0 Å². The van der Waals surface area contributed by atoms with Gasteiger partial charge in [0, 0.05) is 26.1 Å². The summed E-state index contributed by atoms with van der Waals surface area (Å²) in [6.45, 7) is 3.95. The van der Waals surface area contributed by atoms with Crippen LogP contribution in [0.15, 0.2) is 18.2 Å². The van der Waals surface area contributed by atoms with E-state index in [0.29, 0.717) is 13.0 Å². The number of aliphatic hydroxyl groups excluding tert-OH is 1. The molecule has 0 unspecified atom stereocenters. The third-order valence-electron chi connectivity index (χ3n) is 5.43. The zero-order valence-corrected chi connectivity index (χ0v) is 14.6. The van der Waals surface area contributed by atoms with Crippen LogP contribution in [0.4, 0.5) is 4.39 Å². The summed E-state index contributed by atoms with van der Waals surface area (Å²) >= 11 is 5.86. The van der Waals surface area contributed by atoms with E-state index in [1.165, 1.54) is 6.07 Å². The molecule has 2 saturated heterocycles. The van der Waals surface area contributed by atoms with Gasteiger partial charge in [-0.3, -0.25) is 9.69 Å². The van der Waals surface area contributed by atoms with Gasteiger partial charge in [-0.05, 0) is 55.5 Å². The maximum Gasteiger partial charge on any atom is 0.222 e. The van der Waals surface area contributed by atoms with Crippen molar-refractivity contribution < 1.29 is 14.3 Å². The number of halogens is 2. The minimum atomic E-state index is -0.381. The summed E-state index contributed by atoms with van der Waals surface area (Å²) < 4.78 is 13.3. The van der Waals surface area contributed by atoms with Crippen molar-refractivity contribution in [3.63, 3.8) is 0 Å². The summed E-state index contributed by atoms with van der Waals surface area (Å²) in [4.78, 5) is 16.1. The average molecular weight is 355 g/mol. The molecule has 0 aromatic heterocycles. The van der Waals surface area contributed by atoms with Gasteiger partial charge in [-0.15, -0.1) is 0 Å². The molecule has 6 heteroatoms. The van der Waals surface area contributed by atoms with E-state index in [1.54, 1.807) is 12.1 Å². The number of likely N-dealkylation sites (tertiary alicyclic amines) is 2. The summed E-state index contributed by atoms with van der Waals surface area (Å²) in [6, 6.07) is 4.90. The van der Waals surface area contributed by atoms with E-state index in [9.17, 15) is 9.18 Å². The number of β-amino-alcohol motifs (C(OH)–C–C–N with tert-alkyl or cyclic N) is 1. The van der Waals surface area contributed by atoms with Crippen molar-refractivity contribution in [3.8, 4) is 0 Å². The first-order valence-electron chi connectivity index (χ1n) is 8.56. The third kappa shape index (κ3) is 3.90. The van der Waals surface area contributed by atoms with Crippen LogP contribution in [0.5, 0.6) is 0 Å². The number of amides is 1. The lowest BCUT2D eigenvalue weighted by Gasteiger charge is -2.47. The van der Waals surface area contributed by atoms with E-state index in [0.717, 1.165) is 51.0 Å². The zero-order valence-electron chi connectivity index (χ0n) is 13.8. The fraction of sp³-hybridized carbons (Fsp3) is 0.611. The van der Waals surface area contributed by atoms with Crippen LogP contribution in [-0.4, -0.2) is 53.6 Å². The number of hydrogen-bond donors (Lipinski definition) is 1. The lowest BCUT2D eigenvalue weighted by molar-refractivity contribution is -0.139. The monoisotopic (exact) mass is 354 g/mol.